The van der Waals surface area contributed by atoms with Crippen molar-refractivity contribution >= 4 is 16.2 Å². The van der Waals surface area contributed by atoms with Crippen LogP contribution >= 0.6 is 0 Å². The Bertz CT molecular complexity index is 723. The number of carbonyl (C=O) groups is 1. The van der Waals surface area contributed by atoms with E-state index in [1.165, 1.54) is 17.0 Å². The van der Waals surface area contributed by atoms with Gasteiger partial charge >= 0.3 is 6.09 Å². The molecular formula is C18H27NO6S. The number of likely N-dealkylation sites (tertiary alicyclic amines) is 1. The Balaban J connectivity index is 2.07. The number of hydrogen-bond donors (Lipinski definition) is 0. The van der Waals surface area contributed by atoms with Crippen molar-refractivity contribution in [1.82, 2.24) is 4.90 Å². The molecule has 1 aliphatic heterocycles. The quantitative estimate of drug-likeness (QED) is 0.725. The SMILES string of the molecule is CO[C@@H]1C[C@@H](COS(=O)(=O)c2ccc(C)cc2)N(C(=O)OC(C)(C)C)C1. The molecule has 0 saturated carbocycles. The molecule has 0 radical (unpaired) electrons. The summed E-state index contributed by atoms with van der Waals surface area (Å²) in [6.07, 6.45) is -0.198. The van der Waals surface area contributed by atoms with Crippen LogP contribution < -0.4 is 0 Å². The Labute approximate surface area is 155 Å². The van der Waals surface area contributed by atoms with Crippen LogP contribution in [0.15, 0.2) is 29.2 Å². The number of hydrogen-bond acceptors (Lipinski definition) is 6. The molecule has 1 heterocycles. The first kappa shape index (κ1) is 20.7. The van der Waals surface area contributed by atoms with Crippen LogP contribution in [0.5, 0.6) is 0 Å². The summed E-state index contributed by atoms with van der Waals surface area (Å²) < 4.78 is 40.7. The van der Waals surface area contributed by atoms with Gasteiger partial charge in [0.1, 0.15) is 5.60 Å². The van der Waals surface area contributed by atoms with E-state index >= 15 is 0 Å². The molecule has 1 aromatic carbocycles. The fourth-order valence-electron chi connectivity index (χ4n) is 2.69. The summed E-state index contributed by atoms with van der Waals surface area (Å²) in [7, 11) is -2.33. The highest BCUT2D eigenvalue weighted by molar-refractivity contribution is 7.86. The highest BCUT2D eigenvalue weighted by Gasteiger charge is 2.38. The molecule has 1 amide bonds. The van der Waals surface area contributed by atoms with Crippen LogP contribution in [0.2, 0.25) is 0 Å². The van der Waals surface area contributed by atoms with E-state index in [0.29, 0.717) is 13.0 Å². The summed E-state index contributed by atoms with van der Waals surface area (Å²) in [6, 6.07) is 5.99. The molecule has 2 atom stereocenters. The second kappa shape index (κ2) is 7.94. The second-order valence-electron chi connectivity index (χ2n) is 7.43. The number of amides is 1. The molecule has 2 rings (SSSR count). The van der Waals surface area contributed by atoms with Crippen molar-refractivity contribution in [2.24, 2.45) is 0 Å². The Morgan fingerprint density at radius 2 is 1.85 bits per heavy atom. The molecule has 0 aromatic heterocycles. The van der Waals surface area contributed by atoms with E-state index in [0.717, 1.165) is 5.56 Å². The summed E-state index contributed by atoms with van der Waals surface area (Å²) in [5, 5.41) is 0. The van der Waals surface area contributed by atoms with Gasteiger partial charge in [-0.2, -0.15) is 8.42 Å². The van der Waals surface area contributed by atoms with Crippen molar-refractivity contribution in [2.45, 2.75) is 56.8 Å². The van der Waals surface area contributed by atoms with Crippen LogP contribution in [0.3, 0.4) is 0 Å². The molecular weight excluding hydrogens is 358 g/mol. The van der Waals surface area contributed by atoms with Crippen molar-refractivity contribution in [3.05, 3.63) is 29.8 Å². The maximum atomic E-state index is 12.4. The standard InChI is InChI=1S/C18H27NO6S/c1-13-6-8-16(9-7-13)26(21,22)24-12-14-10-15(23-5)11-19(14)17(20)25-18(2,3)4/h6-9,14-15H,10-12H2,1-5H3/t14-,15+/m0/s1. The smallest absolute Gasteiger partial charge is 0.410 e. The van der Waals surface area contributed by atoms with Crippen molar-refractivity contribution in [1.29, 1.82) is 0 Å². The maximum absolute atomic E-state index is 12.4. The molecule has 0 spiro atoms. The zero-order valence-electron chi connectivity index (χ0n) is 15.9. The van der Waals surface area contributed by atoms with Gasteiger partial charge < -0.3 is 14.4 Å². The number of ether oxygens (including phenoxy) is 2. The molecule has 146 valence electrons. The summed E-state index contributed by atoms with van der Waals surface area (Å²) in [5.41, 5.74) is 0.320. The van der Waals surface area contributed by atoms with Gasteiger partial charge in [0.05, 0.1) is 30.2 Å². The van der Waals surface area contributed by atoms with Crippen LogP contribution in [-0.2, 0) is 23.8 Å². The van der Waals surface area contributed by atoms with E-state index in [-0.39, 0.29) is 17.6 Å². The molecule has 1 aromatic rings. The van der Waals surface area contributed by atoms with Gasteiger partial charge in [0.15, 0.2) is 0 Å². The fraction of sp³-hybridized carbons (Fsp3) is 0.611. The Kier molecular flexibility index (Phi) is 6.31. The van der Waals surface area contributed by atoms with Gasteiger partial charge in [-0.3, -0.25) is 4.18 Å². The highest BCUT2D eigenvalue weighted by atomic mass is 32.2. The van der Waals surface area contributed by atoms with Gasteiger partial charge in [-0.15, -0.1) is 0 Å². The van der Waals surface area contributed by atoms with Crippen LogP contribution in [0.4, 0.5) is 4.79 Å². The zero-order valence-corrected chi connectivity index (χ0v) is 16.7. The predicted molar refractivity (Wildman–Crippen MR) is 96.5 cm³/mol. The lowest BCUT2D eigenvalue weighted by Crippen LogP contribution is -2.42. The number of benzene rings is 1. The predicted octanol–water partition coefficient (Wildman–Crippen LogP) is 2.72. The van der Waals surface area contributed by atoms with E-state index in [9.17, 15) is 13.2 Å². The van der Waals surface area contributed by atoms with Gasteiger partial charge in [0.25, 0.3) is 10.1 Å². The number of aryl methyl sites for hydroxylation is 1. The van der Waals surface area contributed by atoms with E-state index < -0.39 is 27.9 Å². The monoisotopic (exact) mass is 385 g/mol. The molecule has 8 heteroatoms. The summed E-state index contributed by atoms with van der Waals surface area (Å²) in [6.45, 7) is 7.41. The lowest BCUT2D eigenvalue weighted by atomic mass is 10.2. The van der Waals surface area contributed by atoms with E-state index in [2.05, 4.69) is 0 Å². The number of nitrogens with zero attached hydrogens (tertiary/aromatic N) is 1. The highest BCUT2D eigenvalue weighted by Crippen LogP contribution is 2.24. The molecule has 1 aliphatic rings. The Morgan fingerprint density at radius 1 is 1.23 bits per heavy atom. The minimum absolute atomic E-state index is 0.0909. The molecule has 1 fully saturated rings. The zero-order chi connectivity index (χ0) is 19.5. The fourth-order valence-corrected chi connectivity index (χ4v) is 3.63. The third-order valence-electron chi connectivity index (χ3n) is 4.06. The van der Waals surface area contributed by atoms with Gasteiger partial charge in [-0.1, -0.05) is 17.7 Å². The Morgan fingerprint density at radius 3 is 2.38 bits per heavy atom. The van der Waals surface area contributed by atoms with Crippen molar-refractivity contribution in [3.8, 4) is 0 Å². The molecule has 7 nitrogen and oxygen atoms in total. The minimum Gasteiger partial charge on any atom is -0.444 e. The van der Waals surface area contributed by atoms with Crippen molar-refractivity contribution < 1.29 is 26.9 Å². The molecule has 0 aliphatic carbocycles. The third-order valence-corrected chi connectivity index (χ3v) is 5.36. The topological polar surface area (TPSA) is 82.1 Å². The third kappa shape index (κ3) is 5.43. The number of carbonyl (C=O) groups excluding carboxylic acids is 1. The Hall–Kier alpha value is -1.64. The molecule has 0 bridgehead atoms. The molecule has 1 saturated heterocycles. The van der Waals surface area contributed by atoms with Crippen molar-refractivity contribution in [2.75, 3.05) is 20.3 Å². The van der Waals surface area contributed by atoms with Crippen LogP contribution in [0.1, 0.15) is 32.8 Å². The molecule has 0 unspecified atom stereocenters. The van der Waals surface area contributed by atoms with Gasteiger partial charge in [-0.25, -0.2) is 4.79 Å². The van der Waals surface area contributed by atoms with E-state index in [4.69, 9.17) is 13.7 Å². The van der Waals surface area contributed by atoms with E-state index in [1.807, 2.05) is 6.92 Å². The van der Waals surface area contributed by atoms with Gasteiger partial charge in [-0.05, 0) is 46.2 Å². The first-order valence-electron chi connectivity index (χ1n) is 8.50. The summed E-state index contributed by atoms with van der Waals surface area (Å²) in [5.74, 6) is 0. The van der Waals surface area contributed by atoms with Gasteiger partial charge in [0.2, 0.25) is 0 Å². The lowest BCUT2D eigenvalue weighted by Gasteiger charge is -2.28. The normalized spacial score (nSPS) is 21.0. The number of methoxy groups -OCH3 is 1. The maximum Gasteiger partial charge on any atom is 0.410 e. The second-order valence-corrected chi connectivity index (χ2v) is 9.05. The van der Waals surface area contributed by atoms with Crippen molar-refractivity contribution in [3.63, 3.8) is 0 Å². The molecule has 0 N–H and O–H groups in total. The first-order chi connectivity index (χ1) is 12.0. The average Bonchev–Trinajstić information content (AvgIpc) is 2.95. The molecule has 26 heavy (non-hydrogen) atoms. The largest absolute Gasteiger partial charge is 0.444 e. The van der Waals surface area contributed by atoms with E-state index in [1.54, 1.807) is 40.0 Å². The van der Waals surface area contributed by atoms with Crippen LogP contribution in [0.25, 0.3) is 0 Å². The van der Waals surface area contributed by atoms with Crippen LogP contribution in [-0.4, -0.2) is 57.4 Å². The lowest BCUT2D eigenvalue weighted by molar-refractivity contribution is 0.0165. The average molecular weight is 385 g/mol. The van der Waals surface area contributed by atoms with Gasteiger partial charge in [0, 0.05) is 7.11 Å². The first-order valence-corrected chi connectivity index (χ1v) is 9.91. The summed E-state index contributed by atoms with van der Waals surface area (Å²) >= 11 is 0. The number of rotatable bonds is 5. The summed E-state index contributed by atoms with van der Waals surface area (Å²) in [4.78, 5) is 14.0. The minimum atomic E-state index is -3.89. The van der Waals surface area contributed by atoms with Crippen LogP contribution in [0, 0.1) is 6.92 Å².